The van der Waals surface area contributed by atoms with Crippen molar-refractivity contribution < 1.29 is 9.90 Å². The van der Waals surface area contributed by atoms with E-state index in [1.807, 2.05) is 22.6 Å². The summed E-state index contributed by atoms with van der Waals surface area (Å²) in [6.07, 6.45) is 3.55. The van der Waals surface area contributed by atoms with Crippen LogP contribution in [0.15, 0.2) is 23.2 Å². The Kier molecular flexibility index (Phi) is 5.24. The highest BCUT2D eigenvalue weighted by atomic mass is 127. The van der Waals surface area contributed by atoms with Gasteiger partial charge in [0.1, 0.15) is 0 Å². The zero-order chi connectivity index (χ0) is 12.8. The Labute approximate surface area is 116 Å². The van der Waals surface area contributed by atoms with Gasteiger partial charge in [0.25, 0.3) is 0 Å². The van der Waals surface area contributed by atoms with Crippen LogP contribution in [-0.4, -0.2) is 22.5 Å². The van der Waals surface area contributed by atoms with E-state index in [9.17, 15) is 4.79 Å². The lowest BCUT2D eigenvalue weighted by molar-refractivity contribution is 0.0696. The molecule has 2 N–H and O–H groups in total. The zero-order valence-corrected chi connectivity index (χ0v) is 11.7. The molecule has 0 aromatic heterocycles. The van der Waals surface area contributed by atoms with Crippen molar-refractivity contribution in [2.24, 2.45) is 4.99 Å². The number of nitrogens with zero attached hydrogens (tertiary/aromatic N) is 2. The number of carboxylic acids is 1. The number of nitrogens with one attached hydrogen (secondary N) is 1. The molecule has 0 amide bonds. The van der Waals surface area contributed by atoms with Crippen LogP contribution in [0.25, 0.3) is 0 Å². The van der Waals surface area contributed by atoms with E-state index in [0.29, 0.717) is 14.4 Å². The van der Waals surface area contributed by atoms with Gasteiger partial charge in [-0.2, -0.15) is 5.26 Å². The SMILES string of the molecule is CSC(=Nc1cccc(C(=O)O)c1I)NC#N. The number of benzene rings is 1. The molecular weight excluding hydrogens is 353 g/mol. The summed E-state index contributed by atoms with van der Waals surface area (Å²) in [5.41, 5.74) is 0.724. The Morgan fingerprint density at radius 2 is 2.35 bits per heavy atom. The number of aliphatic imine (C=N–C) groups is 1. The van der Waals surface area contributed by atoms with Crippen molar-refractivity contribution in [1.82, 2.24) is 5.32 Å². The van der Waals surface area contributed by atoms with Crippen LogP contribution in [-0.2, 0) is 0 Å². The molecule has 1 aromatic carbocycles. The van der Waals surface area contributed by atoms with Gasteiger partial charge < -0.3 is 5.11 Å². The Morgan fingerprint density at radius 3 is 2.88 bits per heavy atom. The van der Waals surface area contributed by atoms with E-state index < -0.39 is 5.97 Å². The van der Waals surface area contributed by atoms with Gasteiger partial charge in [-0.15, -0.1) is 0 Å². The Balaban J connectivity index is 3.20. The largest absolute Gasteiger partial charge is 0.478 e. The molecule has 0 bridgehead atoms. The van der Waals surface area contributed by atoms with Gasteiger partial charge in [0.2, 0.25) is 0 Å². The van der Waals surface area contributed by atoms with Gasteiger partial charge >= 0.3 is 5.97 Å². The molecular formula is C10H8IN3O2S. The van der Waals surface area contributed by atoms with E-state index in [1.54, 1.807) is 24.6 Å². The zero-order valence-electron chi connectivity index (χ0n) is 8.77. The third kappa shape index (κ3) is 3.61. The second kappa shape index (κ2) is 6.46. The Bertz CT molecular complexity index is 511. The standard InChI is InChI=1S/C10H8IN3O2S/c1-17-10(13-5-12)14-7-4-2-3-6(8(7)11)9(15)16/h2-4H,1H3,(H,13,14)(H,15,16). The molecule has 0 fully saturated rings. The molecule has 0 aliphatic heterocycles. The topological polar surface area (TPSA) is 85.5 Å². The van der Waals surface area contributed by atoms with Crippen molar-refractivity contribution in [3.8, 4) is 6.19 Å². The fourth-order valence-corrected chi connectivity index (χ4v) is 2.10. The van der Waals surface area contributed by atoms with E-state index in [4.69, 9.17) is 10.4 Å². The quantitative estimate of drug-likeness (QED) is 0.278. The maximum absolute atomic E-state index is 10.9. The molecule has 0 saturated heterocycles. The first kappa shape index (κ1) is 13.8. The second-order valence-electron chi connectivity index (χ2n) is 2.80. The molecule has 7 heteroatoms. The highest BCUT2D eigenvalue weighted by Gasteiger charge is 2.11. The van der Waals surface area contributed by atoms with Crippen LogP contribution < -0.4 is 5.32 Å². The predicted octanol–water partition coefficient (Wildman–Crippen LogP) is 2.41. The van der Waals surface area contributed by atoms with Crippen molar-refractivity contribution in [2.75, 3.05) is 6.26 Å². The summed E-state index contributed by atoms with van der Waals surface area (Å²) in [4.78, 5) is 15.1. The van der Waals surface area contributed by atoms with Crippen LogP contribution in [0.5, 0.6) is 0 Å². The van der Waals surface area contributed by atoms with Crippen LogP contribution >= 0.6 is 34.4 Å². The van der Waals surface area contributed by atoms with Gasteiger partial charge in [0.15, 0.2) is 11.4 Å². The summed E-state index contributed by atoms with van der Waals surface area (Å²) in [5, 5.41) is 20.3. The number of aromatic carboxylic acids is 1. The molecule has 1 aromatic rings. The lowest BCUT2D eigenvalue weighted by atomic mass is 10.2. The van der Waals surface area contributed by atoms with Gasteiger partial charge in [-0.3, -0.25) is 5.32 Å². The Hall–Kier alpha value is -1.27. The predicted molar refractivity (Wildman–Crippen MR) is 75.5 cm³/mol. The van der Waals surface area contributed by atoms with Crippen molar-refractivity contribution >= 4 is 51.2 Å². The smallest absolute Gasteiger partial charge is 0.336 e. The average molecular weight is 361 g/mol. The van der Waals surface area contributed by atoms with Crippen LogP contribution in [0.2, 0.25) is 0 Å². The second-order valence-corrected chi connectivity index (χ2v) is 4.68. The highest BCUT2D eigenvalue weighted by molar-refractivity contribution is 14.1. The minimum absolute atomic E-state index is 0.198. The number of carboxylic acid groups (broad SMARTS) is 1. The van der Waals surface area contributed by atoms with Gasteiger partial charge in [0, 0.05) is 0 Å². The van der Waals surface area contributed by atoms with Gasteiger partial charge in [-0.1, -0.05) is 17.8 Å². The average Bonchev–Trinajstić information content (AvgIpc) is 2.30. The minimum Gasteiger partial charge on any atom is -0.478 e. The van der Waals surface area contributed by atoms with Crippen LogP contribution in [0.4, 0.5) is 5.69 Å². The van der Waals surface area contributed by atoms with E-state index in [-0.39, 0.29) is 5.56 Å². The van der Waals surface area contributed by atoms with E-state index in [1.165, 1.54) is 17.8 Å². The lowest BCUT2D eigenvalue weighted by Crippen LogP contribution is -2.12. The molecule has 0 aliphatic carbocycles. The summed E-state index contributed by atoms with van der Waals surface area (Å²) < 4.78 is 0.545. The molecule has 0 aliphatic rings. The monoisotopic (exact) mass is 361 g/mol. The fraction of sp³-hybridized carbons (Fsp3) is 0.100. The van der Waals surface area contributed by atoms with Crippen molar-refractivity contribution in [3.05, 3.63) is 27.3 Å². The number of thioether (sulfide) groups is 1. The molecule has 5 nitrogen and oxygen atoms in total. The number of halogens is 1. The fourth-order valence-electron chi connectivity index (χ4n) is 1.05. The summed E-state index contributed by atoms with van der Waals surface area (Å²) in [5.74, 6) is -0.995. The number of rotatable bonds is 2. The molecule has 0 saturated carbocycles. The summed E-state index contributed by atoms with van der Waals surface area (Å²) in [6, 6.07) is 4.83. The van der Waals surface area contributed by atoms with Crippen molar-refractivity contribution in [1.29, 1.82) is 5.26 Å². The normalized spacial score (nSPS) is 10.8. The molecule has 1 rings (SSSR count). The molecule has 0 heterocycles. The first-order valence-electron chi connectivity index (χ1n) is 4.39. The third-order valence-electron chi connectivity index (χ3n) is 1.79. The summed E-state index contributed by atoms with van der Waals surface area (Å²) in [7, 11) is 0. The van der Waals surface area contributed by atoms with Crippen LogP contribution in [0.3, 0.4) is 0 Å². The maximum Gasteiger partial charge on any atom is 0.336 e. The molecule has 17 heavy (non-hydrogen) atoms. The van der Waals surface area contributed by atoms with Crippen LogP contribution in [0, 0.1) is 15.0 Å². The number of hydrogen-bond acceptors (Lipinski definition) is 4. The Morgan fingerprint density at radius 1 is 1.65 bits per heavy atom. The molecule has 0 spiro atoms. The minimum atomic E-state index is -0.995. The van der Waals surface area contributed by atoms with Crippen molar-refractivity contribution in [3.63, 3.8) is 0 Å². The number of amidine groups is 1. The first-order chi connectivity index (χ1) is 8.10. The lowest BCUT2D eigenvalue weighted by Gasteiger charge is -2.04. The number of hydrogen-bond donors (Lipinski definition) is 2. The molecule has 0 unspecified atom stereocenters. The highest BCUT2D eigenvalue weighted by Crippen LogP contribution is 2.25. The van der Waals surface area contributed by atoms with Gasteiger partial charge in [-0.05, 0) is 41.0 Å². The van der Waals surface area contributed by atoms with Crippen molar-refractivity contribution in [2.45, 2.75) is 0 Å². The van der Waals surface area contributed by atoms with Crippen LogP contribution in [0.1, 0.15) is 10.4 Å². The summed E-state index contributed by atoms with van der Waals surface area (Å²) >= 11 is 3.20. The van der Waals surface area contributed by atoms with E-state index in [2.05, 4.69) is 10.3 Å². The van der Waals surface area contributed by atoms with E-state index in [0.717, 1.165) is 0 Å². The molecule has 0 radical (unpaired) electrons. The van der Waals surface area contributed by atoms with Gasteiger partial charge in [-0.25, -0.2) is 9.79 Å². The van der Waals surface area contributed by atoms with Gasteiger partial charge in [0.05, 0.1) is 14.8 Å². The maximum atomic E-state index is 10.9. The van der Waals surface area contributed by atoms with E-state index >= 15 is 0 Å². The molecule has 0 atom stereocenters. The first-order valence-corrected chi connectivity index (χ1v) is 6.70. The molecule has 88 valence electrons. The summed E-state index contributed by atoms with van der Waals surface area (Å²) in [6.45, 7) is 0. The number of nitriles is 1. The third-order valence-corrected chi connectivity index (χ3v) is 3.50. The number of carbonyl (C=O) groups is 1.